The van der Waals surface area contributed by atoms with Crippen LogP contribution in [-0.4, -0.2) is 39.6 Å². The maximum Gasteiger partial charge on any atom is 0.375 e. The average Bonchev–Trinajstić information content (AvgIpc) is 2.14. The monoisotopic (exact) mass is 232 g/mol. The Morgan fingerprint density at radius 2 is 1.62 bits per heavy atom. The highest BCUT2D eigenvalue weighted by atomic mass is 16.6. The second-order valence-electron chi connectivity index (χ2n) is 4.25. The summed E-state index contributed by atoms with van der Waals surface area (Å²) in [4.78, 5) is 33.0. The Bertz CT molecular complexity index is 304. The van der Waals surface area contributed by atoms with Gasteiger partial charge in [0.25, 0.3) is 0 Å². The molecule has 0 radical (unpaired) electrons. The summed E-state index contributed by atoms with van der Waals surface area (Å²) in [5.41, 5.74) is -1.65. The summed E-state index contributed by atoms with van der Waals surface area (Å²) in [7, 11) is 0. The van der Waals surface area contributed by atoms with Gasteiger partial charge in [0.15, 0.2) is 6.10 Å². The summed E-state index contributed by atoms with van der Waals surface area (Å²) < 4.78 is 4.66. The van der Waals surface area contributed by atoms with Gasteiger partial charge in [-0.3, -0.25) is 4.79 Å². The summed E-state index contributed by atoms with van der Waals surface area (Å²) in [6.45, 7) is 5.48. The molecule has 6 heteroatoms. The minimum absolute atomic E-state index is 0.537. The summed E-state index contributed by atoms with van der Waals surface area (Å²) in [5, 5.41) is 17.8. The van der Waals surface area contributed by atoms with Crippen LogP contribution in [0.15, 0.2) is 0 Å². The molecule has 0 saturated carbocycles. The fourth-order valence-electron chi connectivity index (χ4n) is 0.878. The van der Waals surface area contributed by atoms with E-state index in [2.05, 4.69) is 4.74 Å². The van der Waals surface area contributed by atoms with E-state index in [0.29, 0.717) is 0 Å². The van der Waals surface area contributed by atoms with Crippen LogP contribution in [0.2, 0.25) is 0 Å². The van der Waals surface area contributed by atoms with Crippen molar-refractivity contribution in [2.75, 3.05) is 0 Å². The van der Waals surface area contributed by atoms with Crippen LogP contribution in [0.5, 0.6) is 0 Å². The number of esters is 1. The standard InChI is InChI=1S/C10H16O6/c1-5(2)6(11)9(15)16-10(3,4)7(12)8(13)14/h5,7,12H,1-4H3,(H,13,14). The van der Waals surface area contributed by atoms with Crippen LogP contribution in [0.1, 0.15) is 27.7 Å². The van der Waals surface area contributed by atoms with Crippen molar-refractivity contribution in [2.24, 2.45) is 5.92 Å². The number of carboxylic acid groups (broad SMARTS) is 1. The third-order valence-corrected chi connectivity index (χ3v) is 1.97. The van der Waals surface area contributed by atoms with Crippen LogP contribution in [0.4, 0.5) is 0 Å². The average molecular weight is 232 g/mol. The number of aliphatic hydroxyl groups excluding tert-OH is 1. The van der Waals surface area contributed by atoms with Gasteiger partial charge in [0.05, 0.1) is 0 Å². The zero-order valence-electron chi connectivity index (χ0n) is 9.68. The van der Waals surface area contributed by atoms with Crippen molar-refractivity contribution in [1.29, 1.82) is 0 Å². The first kappa shape index (κ1) is 14.6. The van der Waals surface area contributed by atoms with Gasteiger partial charge in [0.2, 0.25) is 5.78 Å². The van der Waals surface area contributed by atoms with Crippen LogP contribution in [-0.2, 0) is 19.1 Å². The third-order valence-electron chi connectivity index (χ3n) is 1.97. The van der Waals surface area contributed by atoms with Crippen molar-refractivity contribution in [1.82, 2.24) is 0 Å². The number of hydrogen-bond donors (Lipinski definition) is 2. The van der Waals surface area contributed by atoms with Gasteiger partial charge in [-0.25, -0.2) is 9.59 Å². The first-order valence-corrected chi connectivity index (χ1v) is 4.77. The number of aliphatic carboxylic acids is 1. The predicted molar refractivity (Wildman–Crippen MR) is 53.7 cm³/mol. The Balaban J connectivity index is 4.66. The number of hydrogen-bond acceptors (Lipinski definition) is 5. The Morgan fingerprint density at radius 3 is 1.94 bits per heavy atom. The van der Waals surface area contributed by atoms with Gasteiger partial charge in [0.1, 0.15) is 5.60 Å². The smallest absolute Gasteiger partial charge is 0.375 e. The van der Waals surface area contributed by atoms with E-state index in [1.54, 1.807) is 0 Å². The van der Waals surface area contributed by atoms with E-state index in [1.165, 1.54) is 27.7 Å². The molecule has 0 spiro atoms. The van der Waals surface area contributed by atoms with E-state index in [0.717, 1.165) is 0 Å². The SMILES string of the molecule is CC(C)C(=O)C(=O)OC(C)(C)C(O)C(=O)O. The molecule has 1 unspecified atom stereocenters. The van der Waals surface area contributed by atoms with Gasteiger partial charge in [0, 0.05) is 5.92 Å². The predicted octanol–water partition coefficient (Wildman–Crippen LogP) is -0.0212. The molecule has 16 heavy (non-hydrogen) atoms. The summed E-state index contributed by atoms with van der Waals surface area (Å²) in [6.07, 6.45) is -1.88. The molecule has 2 N–H and O–H groups in total. The molecular formula is C10H16O6. The van der Waals surface area contributed by atoms with Crippen molar-refractivity contribution in [3.63, 3.8) is 0 Å². The molecule has 0 bridgehead atoms. The maximum absolute atomic E-state index is 11.3. The highest BCUT2D eigenvalue weighted by Crippen LogP contribution is 2.16. The van der Waals surface area contributed by atoms with Crippen LogP contribution >= 0.6 is 0 Å². The molecule has 0 aromatic rings. The first-order valence-electron chi connectivity index (χ1n) is 4.77. The van der Waals surface area contributed by atoms with Crippen molar-refractivity contribution in [2.45, 2.75) is 39.4 Å². The molecule has 0 fully saturated rings. The molecule has 0 aliphatic rings. The summed E-state index contributed by atoms with van der Waals surface area (Å²) in [6, 6.07) is 0. The number of carbonyl (C=O) groups is 3. The van der Waals surface area contributed by atoms with Crippen molar-refractivity contribution in [3.8, 4) is 0 Å². The van der Waals surface area contributed by atoms with E-state index in [1.807, 2.05) is 0 Å². The molecule has 6 nitrogen and oxygen atoms in total. The van der Waals surface area contributed by atoms with Gasteiger partial charge < -0.3 is 14.9 Å². The molecule has 1 atom stereocenters. The maximum atomic E-state index is 11.3. The zero-order valence-corrected chi connectivity index (χ0v) is 9.68. The number of Topliss-reactive ketones (excluding diaryl/α,β-unsaturated/α-hetero) is 1. The van der Waals surface area contributed by atoms with E-state index in [4.69, 9.17) is 5.11 Å². The number of carbonyl (C=O) groups excluding carboxylic acids is 2. The summed E-state index contributed by atoms with van der Waals surface area (Å²) >= 11 is 0. The summed E-state index contributed by atoms with van der Waals surface area (Å²) in [5.74, 6) is -3.95. The van der Waals surface area contributed by atoms with Crippen molar-refractivity contribution >= 4 is 17.7 Å². The largest absolute Gasteiger partial charge is 0.479 e. The van der Waals surface area contributed by atoms with Crippen LogP contribution in [0, 0.1) is 5.92 Å². The van der Waals surface area contributed by atoms with Gasteiger partial charge in [-0.2, -0.15) is 0 Å². The van der Waals surface area contributed by atoms with E-state index < -0.39 is 35.3 Å². The molecule has 0 aliphatic carbocycles. The molecule has 0 heterocycles. The number of carboxylic acids is 1. The van der Waals surface area contributed by atoms with Crippen LogP contribution in [0.3, 0.4) is 0 Å². The number of aliphatic hydroxyl groups is 1. The number of rotatable bonds is 5. The molecule has 0 aromatic heterocycles. The zero-order chi connectivity index (χ0) is 13.1. The number of ether oxygens (including phenoxy) is 1. The topological polar surface area (TPSA) is 101 Å². The van der Waals surface area contributed by atoms with E-state index in [-0.39, 0.29) is 0 Å². The minimum Gasteiger partial charge on any atom is -0.479 e. The van der Waals surface area contributed by atoms with Gasteiger partial charge >= 0.3 is 11.9 Å². The molecule has 0 amide bonds. The minimum atomic E-state index is -1.88. The molecule has 0 aromatic carbocycles. The lowest BCUT2D eigenvalue weighted by Crippen LogP contribution is -2.47. The highest BCUT2D eigenvalue weighted by Gasteiger charge is 2.38. The molecular weight excluding hydrogens is 216 g/mol. The molecule has 0 rings (SSSR count). The van der Waals surface area contributed by atoms with Gasteiger partial charge in [-0.1, -0.05) is 13.8 Å². The van der Waals surface area contributed by atoms with Gasteiger partial charge in [-0.05, 0) is 13.8 Å². The third kappa shape index (κ3) is 3.62. The fourth-order valence-corrected chi connectivity index (χ4v) is 0.878. The van der Waals surface area contributed by atoms with Crippen LogP contribution in [0.25, 0.3) is 0 Å². The van der Waals surface area contributed by atoms with E-state index >= 15 is 0 Å². The molecule has 92 valence electrons. The van der Waals surface area contributed by atoms with Gasteiger partial charge in [-0.15, -0.1) is 0 Å². The first-order chi connectivity index (χ1) is 7.09. The Hall–Kier alpha value is -1.43. The van der Waals surface area contributed by atoms with Crippen molar-refractivity contribution < 1.29 is 29.3 Å². The Morgan fingerprint density at radius 1 is 1.19 bits per heavy atom. The lowest BCUT2D eigenvalue weighted by atomic mass is 10.0. The second kappa shape index (κ2) is 5.07. The van der Waals surface area contributed by atoms with Crippen molar-refractivity contribution in [3.05, 3.63) is 0 Å². The normalized spacial score (nSPS) is 13.4. The van der Waals surface area contributed by atoms with Crippen LogP contribution < -0.4 is 0 Å². The lowest BCUT2D eigenvalue weighted by molar-refractivity contribution is -0.181. The quantitative estimate of drug-likeness (QED) is 0.510. The fraction of sp³-hybridized carbons (Fsp3) is 0.700. The molecule has 0 saturated heterocycles. The Labute approximate surface area is 93.2 Å². The number of ketones is 1. The van der Waals surface area contributed by atoms with E-state index in [9.17, 15) is 19.5 Å². The second-order valence-corrected chi connectivity index (χ2v) is 4.25. The highest BCUT2D eigenvalue weighted by molar-refractivity contribution is 6.34. The lowest BCUT2D eigenvalue weighted by Gasteiger charge is -2.27. The molecule has 0 aliphatic heterocycles. The Kier molecular flexibility index (Phi) is 4.61.